The normalized spacial score (nSPS) is 11.1. The summed E-state index contributed by atoms with van der Waals surface area (Å²) in [7, 11) is 1.99. The van der Waals surface area contributed by atoms with Crippen molar-refractivity contribution in [2.24, 2.45) is 4.99 Å². The van der Waals surface area contributed by atoms with E-state index in [1.54, 1.807) is 0 Å². The van der Waals surface area contributed by atoms with Crippen LogP contribution in [0.5, 0.6) is 0 Å². The van der Waals surface area contributed by atoms with Gasteiger partial charge < -0.3 is 10.2 Å². The Labute approximate surface area is 150 Å². The molecule has 2 aromatic rings. The van der Waals surface area contributed by atoms with E-state index < -0.39 is 0 Å². The lowest BCUT2D eigenvalue weighted by Crippen LogP contribution is -2.14. The van der Waals surface area contributed by atoms with Gasteiger partial charge in [0.25, 0.3) is 0 Å². The van der Waals surface area contributed by atoms with Crippen LogP contribution in [0.15, 0.2) is 35.3 Å². The Morgan fingerprint density at radius 1 is 1.12 bits per heavy atom. The van der Waals surface area contributed by atoms with Crippen LogP contribution in [0.1, 0.15) is 29.2 Å². The molecule has 0 aliphatic heterocycles. The Balaban J connectivity index is 2.15. The first kappa shape index (κ1) is 18.3. The summed E-state index contributed by atoms with van der Waals surface area (Å²) in [6.45, 7) is 10.1. The van der Waals surface area contributed by atoms with Crippen LogP contribution < -0.4 is 5.32 Å². The number of benzene rings is 2. The number of aryl methyl sites for hydroxylation is 3. The average Bonchev–Trinajstić information content (AvgIpc) is 2.56. The number of hydrogen-bond acceptors (Lipinski definition) is 2. The molecule has 0 spiro atoms. The summed E-state index contributed by atoms with van der Waals surface area (Å²) in [6.07, 6.45) is 1.81. The van der Waals surface area contributed by atoms with E-state index in [1.807, 2.05) is 30.4 Å². The van der Waals surface area contributed by atoms with E-state index in [4.69, 9.17) is 11.6 Å². The van der Waals surface area contributed by atoms with E-state index in [0.717, 1.165) is 30.0 Å². The van der Waals surface area contributed by atoms with Crippen molar-refractivity contribution < 1.29 is 0 Å². The van der Waals surface area contributed by atoms with Crippen molar-refractivity contribution in [2.45, 2.75) is 34.2 Å². The molecule has 1 N–H and O–H groups in total. The zero-order valence-electron chi connectivity index (χ0n) is 15.2. The van der Waals surface area contributed by atoms with Crippen molar-refractivity contribution in [1.29, 1.82) is 0 Å². The van der Waals surface area contributed by atoms with Gasteiger partial charge in [0.1, 0.15) is 0 Å². The fourth-order valence-electron chi connectivity index (χ4n) is 2.38. The molecule has 2 aromatic carbocycles. The molecule has 0 atom stereocenters. The maximum absolute atomic E-state index is 6.39. The van der Waals surface area contributed by atoms with Gasteiger partial charge in [0.15, 0.2) is 0 Å². The molecule has 0 saturated carbocycles. The van der Waals surface area contributed by atoms with Crippen molar-refractivity contribution >= 4 is 29.3 Å². The van der Waals surface area contributed by atoms with Gasteiger partial charge >= 0.3 is 0 Å². The second-order valence-electron chi connectivity index (χ2n) is 6.22. The maximum atomic E-state index is 6.39. The highest BCUT2D eigenvalue weighted by atomic mass is 35.5. The third-order valence-electron chi connectivity index (χ3n) is 4.16. The van der Waals surface area contributed by atoms with Gasteiger partial charge in [-0.1, -0.05) is 35.4 Å². The summed E-state index contributed by atoms with van der Waals surface area (Å²) >= 11 is 6.39. The molecule has 0 aromatic heterocycles. The Bertz CT molecular complexity index is 738. The lowest BCUT2D eigenvalue weighted by Gasteiger charge is -2.14. The standard InChI is InChI=1S/C20H26ClN3/c1-6-24(5)13-23-20-10-16(4)19(11-18(20)21)22-12-17-9-14(2)7-8-15(17)3/h7-11,13,22H,6,12H2,1-5H3. The molecular weight excluding hydrogens is 318 g/mol. The Hall–Kier alpha value is -2.00. The molecule has 24 heavy (non-hydrogen) atoms. The minimum atomic E-state index is 0.657. The molecule has 3 nitrogen and oxygen atoms in total. The van der Waals surface area contributed by atoms with Gasteiger partial charge in [-0.2, -0.15) is 0 Å². The molecule has 128 valence electrons. The molecule has 0 bridgehead atoms. The molecule has 0 unspecified atom stereocenters. The summed E-state index contributed by atoms with van der Waals surface area (Å²) in [4.78, 5) is 6.48. The van der Waals surface area contributed by atoms with Gasteiger partial charge in [-0.25, -0.2) is 4.99 Å². The third kappa shape index (κ3) is 4.75. The summed E-state index contributed by atoms with van der Waals surface area (Å²) in [5.74, 6) is 0. The highest BCUT2D eigenvalue weighted by molar-refractivity contribution is 6.33. The highest BCUT2D eigenvalue weighted by Gasteiger charge is 2.06. The minimum absolute atomic E-state index is 0.657. The van der Waals surface area contributed by atoms with E-state index in [2.05, 4.69) is 56.2 Å². The number of anilines is 1. The Morgan fingerprint density at radius 3 is 2.58 bits per heavy atom. The number of nitrogens with one attached hydrogen (secondary N) is 1. The number of aliphatic imine (C=N–C) groups is 1. The monoisotopic (exact) mass is 343 g/mol. The molecule has 0 aliphatic carbocycles. The van der Waals surface area contributed by atoms with Crippen LogP contribution in [0.4, 0.5) is 11.4 Å². The third-order valence-corrected chi connectivity index (χ3v) is 4.46. The van der Waals surface area contributed by atoms with Crippen LogP contribution in [0, 0.1) is 20.8 Å². The smallest absolute Gasteiger partial charge is 0.0910 e. The first-order chi connectivity index (χ1) is 11.4. The number of rotatable bonds is 6. The lowest BCUT2D eigenvalue weighted by molar-refractivity contribution is 0.552. The lowest BCUT2D eigenvalue weighted by atomic mass is 10.1. The molecular formula is C20H26ClN3. The van der Waals surface area contributed by atoms with E-state index >= 15 is 0 Å². The molecule has 0 saturated heterocycles. The van der Waals surface area contributed by atoms with Crippen molar-refractivity contribution in [3.05, 3.63) is 57.6 Å². The zero-order chi connectivity index (χ0) is 17.7. The number of halogens is 1. The summed E-state index contributed by atoms with van der Waals surface area (Å²) < 4.78 is 0. The molecule has 0 amide bonds. The van der Waals surface area contributed by atoms with Crippen LogP contribution in [0.3, 0.4) is 0 Å². The second kappa shape index (κ2) is 8.20. The van der Waals surface area contributed by atoms with Crippen molar-refractivity contribution in [2.75, 3.05) is 18.9 Å². The van der Waals surface area contributed by atoms with E-state index in [9.17, 15) is 0 Å². The number of nitrogens with zero attached hydrogens (tertiary/aromatic N) is 2. The van der Waals surface area contributed by atoms with Gasteiger partial charge in [0.2, 0.25) is 0 Å². The quantitative estimate of drug-likeness (QED) is 0.554. The molecule has 2 rings (SSSR count). The molecule has 0 aliphatic rings. The predicted molar refractivity (Wildman–Crippen MR) is 106 cm³/mol. The summed E-state index contributed by atoms with van der Waals surface area (Å²) in [6, 6.07) is 10.5. The van der Waals surface area contributed by atoms with Gasteiger partial charge in [-0.3, -0.25) is 0 Å². The van der Waals surface area contributed by atoms with Gasteiger partial charge in [-0.15, -0.1) is 0 Å². The van der Waals surface area contributed by atoms with Crippen LogP contribution in [0.2, 0.25) is 5.02 Å². The molecule has 0 fully saturated rings. The van der Waals surface area contributed by atoms with Gasteiger partial charge in [-0.05, 0) is 56.5 Å². The molecule has 4 heteroatoms. The zero-order valence-corrected chi connectivity index (χ0v) is 15.9. The van der Waals surface area contributed by atoms with Crippen LogP contribution in [-0.4, -0.2) is 24.8 Å². The van der Waals surface area contributed by atoms with Crippen molar-refractivity contribution in [1.82, 2.24) is 4.90 Å². The van der Waals surface area contributed by atoms with Gasteiger partial charge in [0, 0.05) is 25.8 Å². The average molecular weight is 344 g/mol. The van der Waals surface area contributed by atoms with Crippen molar-refractivity contribution in [3.63, 3.8) is 0 Å². The SMILES string of the molecule is CCN(C)C=Nc1cc(C)c(NCc2cc(C)ccc2C)cc1Cl. The second-order valence-corrected chi connectivity index (χ2v) is 6.63. The summed E-state index contributed by atoms with van der Waals surface area (Å²) in [5.41, 5.74) is 6.85. The van der Waals surface area contributed by atoms with E-state index in [0.29, 0.717) is 5.02 Å². The summed E-state index contributed by atoms with van der Waals surface area (Å²) in [5, 5.41) is 4.15. The topological polar surface area (TPSA) is 27.6 Å². The number of hydrogen-bond donors (Lipinski definition) is 1. The van der Waals surface area contributed by atoms with E-state index in [1.165, 1.54) is 16.7 Å². The largest absolute Gasteiger partial charge is 0.381 e. The molecule has 0 radical (unpaired) electrons. The highest BCUT2D eigenvalue weighted by Crippen LogP contribution is 2.31. The fraction of sp³-hybridized carbons (Fsp3) is 0.350. The Kier molecular flexibility index (Phi) is 6.27. The van der Waals surface area contributed by atoms with Crippen LogP contribution in [-0.2, 0) is 6.54 Å². The van der Waals surface area contributed by atoms with Crippen LogP contribution in [0.25, 0.3) is 0 Å². The van der Waals surface area contributed by atoms with Crippen molar-refractivity contribution in [3.8, 4) is 0 Å². The maximum Gasteiger partial charge on any atom is 0.0910 e. The minimum Gasteiger partial charge on any atom is -0.381 e. The first-order valence-electron chi connectivity index (χ1n) is 8.25. The fourth-order valence-corrected chi connectivity index (χ4v) is 2.59. The Morgan fingerprint density at radius 2 is 1.88 bits per heavy atom. The molecule has 0 heterocycles. The van der Waals surface area contributed by atoms with E-state index in [-0.39, 0.29) is 0 Å². The first-order valence-corrected chi connectivity index (χ1v) is 8.63. The van der Waals surface area contributed by atoms with Gasteiger partial charge in [0.05, 0.1) is 17.0 Å². The predicted octanol–water partition coefficient (Wildman–Crippen LogP) is 5.49. The van der Waals surface area contributed by atoms with Crippen LogP contribution >= 0.6 is 11.6 Å².